The number of piperidine rings is 1. The summed E-state index contributed by atoms with van der Waals surface area (Å²) in [6, 6.07) is 8.55. The van der Waals surface area contributed by atoms with E-state index in [-0.39, 0.29) is 17.2 Å². The topological polar surface area (TPSA) is 53.4 Å². The number of likely N-dealkylation sites (tertiary alicyclic amines) is 1. The first kappa shape index (κ1) is 14.9. The third-order valence-electron chi connectivity index (χ3n) is 4.08. The highest BCUT2D eigenvalue weighted by molar-refractivity contribution is 6.31. The van der Waals surface area contributed by atoms with Crippen LogP contribution < -0.4 is 0 Å². The van der Waals surface area contributed by atoms with Gasteiger partial charge in [-0.3, -0.25) is 9.78 Å². The van der Waals surface area contributed by atoms with E-state index in [1.54, 1.807) is 23.4 Å². The number of aromatic hydroxyl groups is 1. The molecule has 3 rings (SSSR count). The maximum absolute atomic E-state index is 12.6. The van der Waals surface area contributed by atoms with Crippen molar-refractivity contribution in [1.29, 1.82) is 0 Å². The van der Waals surface area contributed by atoms with Crippen molar-refractivity contribution >= 4 is 17.5 Å². The fourth-order valence-corrected chi connectivity index (χ4v) is 3.09. The van der Waals surface area contributed by atoms with Gasteiger partial charge in [0, 0.05) is 36.4 Å². The number of rotatable bonds is 2. The van der Waals surface area contributed by atoms with E-state index in [4.69, 9.17) is 11.6 Å². The lowest BCUT2D eigenvalue weighted by molar-refractivity contribution is 0.0704. The van der Waals surface area contributed by atoms with Gasteiger partial charge in [-0.2, -0.15) is 0 Å². The first-order chi connectivity index (χ1) is 10.6. The number of benzene rings is 1. The summed E-state index contributed by atoms with van der Waals surface area (Å²) in [5, 5.41) is 10.4. The Labute approximate surface area is 134 Å². The Morgan fingerprint density at radius 2 is 2.05 bits per heavy atom. The van der Waals surface area contributed by atoms with Crippen LogP contribution in [0.1, 0.15) is 34.7 Å². The van der Waals surface area contributed by atoms with Crippen molar-refractivity contribution in [2.24, 2.45) is 0 Å². The number of carbonyl (C=O) groups is 1. The zero-order valence-electron chi connectivity index (χ0n) is 12.1. The van der Waals surface area contributed by atoms with E-state index >= 15 is 0 Å². The molecular formula is C17H17ClN2O2. The molecule has 0 saturated carbocycles. The molecule has 1 fully saturated rings. The molecule has 1 atom stereocenters. The van der Waals surface area contributed by atoms with Crippen molar-refractivity contribution < 1.29 is 9.90 Å². The minimum atomic E-state index is -0.168. The lowest BCUT2D eigenvalue weighted by Crippen LogP contribution is -2.39. The minimum absolute atomic E-state index is 0.0274. The number of carbonyl (C=O) groups excluding carboxylic acids is 1. The predicted molar refractivity (Wildman–Crippen MR) is 85.2 cm³/mol. The Hall–Kier alpha value is -2.07. The van der Waals surface area contributed by atoms with Crippen molar-refractivity contribution in [3.63, 3.8) is 0 Å². The fourth-order valence-electron chi connectivity index (χ4n) is 2.92. The largest absolute Gasteiger partial charge is 0.507 e. The fraction of sp³-hybridized carbons (Fsp3) is 0.294. The minimum Gasteiger partial charge on any atom is -0.507 e. The average Bonchev–Trinajstić information content (AvgIpc) is 2.57. The molecule has 22 heavy (non-hydrogen) atoms. The van der Waals surface area contributed by atoms with E-state index in [1.807, 2.05) is 12.1 Å². The maximum atomic E-state index is 12.6. The highest BCUT2D eigenvalue weighted by Gasteiger charge is 2.26. The van der Waals surface area contributed by atoms with Gasteiger partial charge in [0.05, 0.1) is 5.56 Å². The van der Waals surface area contributed by atoms with E-state index in [0.29, 0.717) is 24.0 Å². The molecule has 1 aromatic carbocycles. The Morgan fingerprint density at radius 1 is 1.27 bits per heavy atom. The van der Waals surface area contributed by atoms with Crippen molar-refractivity contribution in [2.75, 3.05) is 13.1 Å². The van der Waals surface area contributed by atoms with Crippen LogP contribution in [0.15, 0.2) is 42.7 Å². The molecule has 1 saturated heterocycles. The van der Waals surface area contributed by atoms with Gasteiger partial charge in [0.1, 0.15) is 5.75 Å². The second-order valence-corrected chi connectivity index (χ2v) is 5.97. The first-order valence-electron chi connectivity index (χ1n) is 7.33. The molecule has 2 heterocycles. The normalized spacial score (nSPS) is 18.2. The van der Waals surface area contributed by atoms with Gasteiger partial charge in [-0.05, 0) is 48.7 Å². The standard InChI is InChI=1S/C17H17ClN2O2/c18-14-3-4-16(21)15(10-14)17(22)20-9-1-2-13(11-20)12-5-7-19-8-6-12/h3-8,10,13,21H,1-2,9,11H2. The van der Waals surface area contributed by atoms with Crippen molar-refractivity contribution in [2.45, 2.75) is 18.8 Å². The van der Waals surface area contributed by atoms with Crippen molar-refractivity contribution in [3.05, 3.63) is 58.9 Å². The molecule has 1 unspecified atom stereocenters. The summed E-state index contributed by atoms with van der Waals surface area (Å²) in [5.74, 6) is 0.112. The summed E-state index contributed by atoms with van der Waals surface area (Å²) in [7, 11) is 0. The average molecular weight is 317 g/mol. The molecule has 5 heteroatoms. The van der Waals surface area contributed by atoms with E-state index in [1.165, 1.54) is 17.7 Å². The molecule has 0 aliphatic carbocycles. The van der Waals surface area contributed by atoms with E-state index in [0.717, 1.165) is 12.8 Å². The first-order valence-corrected chi connectivity index (χ1v) is 7.70. The number of halogens is 1. The summed E-state index contributed by atoms with van der Waals surface area (Å²) in [6.07, 6.45) is 5.55. The third kappa shape index (κ3) is 3.07. The summed E-state index contributed by atoms with van der Waals surface area (Å²) >= 11 is 5.94. The number of hydrogen-bond donors (Lipinski definition) is 1. The highest BCUT2D eigenvalue weighted by atomic mass is 35.5. The third-order valence-corrected chi connectivity index (χ3v) is 4.31. The summed E-state index contributed by atoms with van der Waals surface area (Å²) < 4.78 is 0. The number of amides is 1. The predicted octanol–water partition coefficient (Wildman–Crippen LogP) is 3.46. The molecule has 1 aromatic heterocycles. The molecular weight excluding hydrogens is 300 g/mol. The zero-order valence-corrected chi connectivity index (χ0v) is 12.8. The van der Waals surface area contributed by atoms with Gasteiger partial charge in [-0.25, -0.2) is 0 Å². The van der Waals surface area contributed by atoms with E-state index in [9.17, 15) is 9.90 Å². The molecule has 1 amide bonds. The molecule has 114 valence electrons. The van der Waals surface area contributed by atoms with Crippen molar-refractivity contribution in [3.8, 4) is 5.75 Å². The maximum Gasteiger partial charge on any atom is 0.257 e. The van der Waals surface area contributed by atoms with Crippen LogP contribution in [0.2, 0.25) is 5.02 Å². The van der Waals surface area contributed by atoms with Crippen LogP contribution in [-0.4, -0.2) is 34.0 Å². The van der Waals surface area contributed by atoms with Gasteiger partial charge in [0.2, 0.25) is 0 Å². The molecule has 1 aliphatic heterocycles. The molecule has 0 spiro atoms. The van der Waals surface area contributed by atoms with E-state index < -0.39 is 0 Å². The summed E-state index contributed by atoms with van der Waals surface area (Å²) in [6.45, 7) is 1.35. The molecule has 0 radical (unpaired) electrons. The summed E-state index contributed by atoms with van der Waals surface area (Å²) in [4.78, 5) is 18.5. The van der Waals surface area contributed by atoms with Crippen molar-refractivity contribution in [1.82, 2.24) is 9.88 Å². The second-order valence-electron chi connectivity index (χ2n) is 5.53. The van der Waals surface area contributed by atoms with Gasteiger partial charge in [-0.15, -0.1) is 0 Å². The Balaban J connectivity index is 1.80. The van der Waals surface area contributed by atoms with Crippen LogP contribution >= 0.6 is 11.6 Å². The number of hydrogen-bond acceptors (Lipinski definition) is 3. The second kappa shape index (κ2) is 6.36. The van der Waals surface area contributed by atoms with Gasteiger partial charge < -0.3 is 10.0 Å². The lowest BCUT2D eigenvalue weighted by Gasteiger charge is -2.33. The van der Waals surface area contributed by atoms with Gasteiger partial charge in [0.15, 0.2) is 0 Å². The molecule has 0 bridgehead atoms. The number of aromatic nitrogens is 1. The van der Waals surface area contributed by atoms with Crippen LogP contribution in [0.3, 0.4) is 0 Å². The zero-order chi connectivity index (χ0) is 15.5. The number of nitrogens with zero attached hydrogens (tertiary/aromatic N) is 2. The van der Waals surface area contributed by atoms with Crippen LogP contribution in [-0.2, 0) is 0 Å². The van der Waals surface area contributed by atoms with Crippen LogP contribution in [0.25, 0.3) is 0 Å². The van der Waals surface area contributed by atoms with Crippen LogP contribution in [0.5, 0.6) is 5.75 Å². The Kier molecular flexibility index (Phi) is 4.29. The van der Waals surface area contributed by atoms with Gasteiger partial charge >= 0.3 is 0 Å². The van der Waals surface area contributed by atoms with Gasteiger partial charge in [0.25, 0.3) is 5.91 Å². The quantitative estimate of drug-likeness (QED) is 0.923. The number of pyridine rings is 1. The molecule has 2 aromatic rings. The summed E-state index contributed by atoms with van der Waals surface area (Å²) in [5.41, 5.74) is 1.46. The van der Waals surface area contributed by atoms with Gasteiger partial charge in [-0.1, -0.05) is 11.6 Å². The van der Waals surface area contributed by atoms with Crippen LogP contribution in [0, 0.1) is 0 Å². The lowest BCUT2D eigenvalue weighted by atomic mass is 9.91. The number of phenols is 1. The highest BCUT2D eigenvalue weighted by Crippen LogP contribution is 2.29. The number of phenolic OH excluding ortho intramolecular Hbond substituents is 1. The molecule has 1 aliphatic rings. The van der Waals surface area contributed by atoms with E-state index in [2.05, 4.69) is 4.98 Å². The molecule has 4 nitrogen and oxygen atoms in total. The van der Waals surface area contributed by atoms with Crippen LogP contribution in [0.4, 0.5) is 0 Å². The molecule has 1 N–H and O–H groups in total. The Bertz CT molecular complexity index is 676. The SMILES string of the molecule is O=C(c1cc(Cl)ccc1O)N1CCCC(c2ccncc2)C1. The monoisotopic (exact) mass is 316 g/mol. The Morgan fingerprint density at radius 3 is 2.82 bits per heavy atom. The smallest absolute Gasteiger partial charge is 0.257 e.